The molecule has 1 atom stereocenters. The summed E-state index contributed by atoms with van der Waals surface area (Å²) < 4.78 is 43.9. The summed E-state index contributed by atoms with van der Waals surface area (Å²) in [6.45, 7) is 0.762. The van der Waals surface area contributed by atoms with Crippen molar-refractivity contribution in [3.63, 3.8) is 0 Å². The van der Waals surface area contributed by atoms with Crippen molar-refractivity contribution in [3.8, 4) is 0 Å². The minimum Gasteiger partial charge on any atom is -0.378 e. The summed E-state index contributed by atoms with van der Waals surface area (Å²) in [5, 5.41) is 0. The molecule has 1 aromatic carbocycles. The van der Waals surface area contributed by atoms with Crippen molar-refractivity contribution in [2.45, 2.75) is 44.4 Å². The van der Waals surface area contributed by atoms with Gasteiger partial charge in [-0.15, -0.1) is 0 Å². The SMILES string of the molecule is O=C(CCCC1CCCO1)c1cc(C(F)(F)F)ccc1Br. The molecule has 21 heavy (non-hydrogen) atoms. The molecule has 1 heterocycles. The Morgan fingerprint density at radius 1 is 1.38 bits per heavy atom. The molecule has 0 aliphatic carbocycles. The normalized spacial score (nSPS) is 19.0. The third kappa shape index (κ3) is 4.54. The van der Waals surface area contributed by atoms with Crippen LogP contribution in [0, 0.1) is 0 Å². The first-order valence-corrected chi connectivity index (χ1v) is 7.69. The number of carbonyl (C=O) groups is 1. The molecule has 1 unspecified atom stereocenters. The molecule has 1 aliphatic rings. The molecule has 1 aromatic rings. The standard InChI is InChI=1S/C15H16BrF3O2/c16-13-7-6-10(15(17,18)19)9-12(13)14(20)5-1-3-11-4-2-8-21-11/h6-7,9,11H,1-5,8H2. The highest BCUT2D eigenvalue weighted by Gasteiger charge is 2.31. The Hall–Kier alpha value is -0.880. The Balaban J connectivity index is 1.97. The second kappa shape index (κ2) is 6.92. The molecule has 0 saturated carbocycles. The van der Waals surface area contributed by atoms with Crippen LogP contribution in [0.25, 0.3) is 0 Å². The van der Waals surface area contributed by atoms with E-state index >= 15 is 0 Å². The molecule has 0 amide bonds. The van der Waals surface area contributed by atoms with E-state index in [0.29, 0.717) is 10.9 Å². The number of hydrogen-bond acceptors (Lipinski definition) is 2. The molecular formula is C15H16BrF3O2. The zero-order chi connectivity index (χ0) is 15.5. The smallest absolute Gasteiger partial charge is 0.378 e. The van der Waals surface area contributed by atoms with E-state index in [4.69, 9.17) is 4.74 Å². The van der Waals surface area contributed by atoms with Gasteiger partial charge in [-0.2, -0.15) is 13.2 Å². The summed E-state index contributed by atoms with van der Waals surface area (Å²) >= 11 is 3.14. The lowest BCUT2D eigenvalue weighted by atomic mass is 10.0. The van der Waals surface area contributed by atoms with Gasteiger partial charge in [0.25, 0.3) is 0 Å². The maximum atomic E-state index is 12.7. The zero-order valence-electron chi connectivity index (χ0n) is 11.4. The van der Waals surface area contributed by atoms with Gasteiger partial charge < -0.3 is 4.74 Å². The molecule has 1 fully saturated rings. The van der Waals surface area contributed by atoms with Crippen molar-refractivity contribution in [3.05, 3.63) is 33.8 Å². The van der Waals surface area contributed by atoms with Crippen LogP contribution >= 0.6 is 15.9 Å². The maximum Gasteiger partial charge on any atom is 0.416 e. The topological polar surface area (TPSA) is 26.3 Å². The van der Waals surface area contributed by atoms with Crippen LogP contribution in [0.1, 0.15) is 48.0 Å². The van der Waals surface area contributed by atoms with Crippen LogP contribution in [0.15, 0.2) is 22.7 Å². The van der Waals surface area contributed by atoms with Crippen LogP contribution in [0.3, 0.4) is 0 Å². The molecule has 1 aliphatic heterocycles. The van der Waals surface area contributed by atoms with Gasteiger partial charge in [-0.1, -0.05) is 15.9 Å². The molecule has 0 aromatic heterocycles. The van der Waals surface area contributed by atoms with Crippen LogP contribution in [0.4, 0.5) is 13.2 Å². The van der Waals surface area contributed by atoms with E-state index in [0.717, 1.165) is 38.0 Å². The van der Waals surface area contributed by atoms with E-state index in [1.165, 1.54) is 6.07 Å². The lowest BCUT2D eigenvalue weighted by molar-refractivity contribution is -0.137. The molecule has 2 nitrogen and oxygen atoms in total. The number of hydrogen-bond donors (Lipinski definition) is 0. The number of ether oxygens (including phenoxy) is 1. The summed E-state index contributed by atoms with van der Waals surface area (Å²) in [6, 6.07) is 3.15. The minimum absolute atomic E-state index is 0.0946. The Bertz CT molecular complexity index is 508. The summed E-state index contributed by atoms with van der Waals surface area (Å²) in [5.74, 6) is -0.272. The van der Waals surface area contributed by atoms with Crippen molar-refractivity contribution in [2.24, 2.45) is 0 Å². The molecule has 0 bridgehead atoms. The van der Waals surface area contributed by atoms with Gasteiger partial charge in [-0.3, -0.25) is 4.79 Å². The molecule has 0 spiro atoms. The Morgan fingerprint density at radius 3 is 2.76 bits per heavy atom. The Morgan fingerprint density at radius 2 is 2.14 bits per heavy atom. The largest absolute Gasteiger partial charge is 0.416 e. The highest BCUT2D eigenvalue weighted by Crippen LogP contribution is 2.32. The fourth-order valence-corrected chi connectivity index (χ4v) is 2.88. The monoisotopic (exact) mass is 364 g/mol. The van der Waals surface area contributed by atoms with Crippen molar-refractivity contribution in [2.75, 3.05) is 6.61 Å². The summed E-state index contributed by atoms with van der Waals surface area (Å²) in [6.07, 6.45) is -0.552. The summed E-state index contributed by atoms with van der Waals surface area (Å²) in [7, 11) is 0. The first kappa shape index (κ1) is 16.5. The summed E-state index contributed by atoms with van der Waals surface area (Å²) in [4.78, 5) is 12.1. The van der Waals surface area contributed by atoms with Gasteiger partial charge in [-0.25, -0.2) is 0 Å². The van der Waals surface area contributed by atoms with Crippen LogP contribution in [0.5, 0.6) is 0 Å². The number of ketones is 1. The van der Waals surface area contributed by atoms with E-state index in [2.05, 4.69) is 15.9 Å². The van der Waals surface area contributed by atoms with Gasteiger partial charge in [0.1, 0.15) is 0 Å². The van der Waals surface area contributed by atoms with E-state index in [9.17, 15) is 18.0 Å². The highest BCUT2D eigenvalue weighted by atomic mass is 79.9. The number of benzene rings is 1. The number of Topliss-reactive ketones (excluding diaryl/α,β-unsaturated/α-hetero) is 1. The maximum absolute atomic E-state index is 12.7. The number of alkyl halides is 3. The van der Waals surface area contributed by atoms with Crippen molar-refractivity contribution in [1.82, 2.24) is 0 Å². The van der Waals surface area contributed by atoms with E-state index in [-0.39, 0.29) is 23.9 Å². The molecule has 2 rings (SSSR count). The van der Waals surface area contributed by atoms with Crippen LogP contribution in [-0.4, -0.2) is 18.5 Å². The molecular weight excluding hydrogens is 349 g/mol. The lowest BCUT2D eigenvalue weighted by Gasteiger charge is -2.11. The second-order valence-electron chi connectivity index (χ2n) is 5.14. The fraction of sp³-hybridized carbons (Fsp3) is 0.533. The third-order valence-electron chi connectivity index (χ3n) is 3.55. The zero-order valence-corrected chi connectivity index (χ0v) is 13.0. The second-order valence-corrected chi connectivity index (χ2v) is 6.00. The van der Waals surface area contributed by atoms with Gasteiger partial charge in [0, 0.05) is 23.1 Å². The Labute approximate surface area is 129 Å². The quantitative estimate of drug-likeness (QED) is 0.687. The van der Waals surface area contributed by atoms with Crippen molar-refractivity contribution < 1.29 is 22.7 Å². The lowest BCUT2D eigenvalue weighted by Crippen LogP contribution is -2.09. The van der Waals surface area contributed by atoms with Crippen LogP contribution < -0.4 is 0 Å². The first-order valence-electron chi connectivity index (χ1n) is 6.89. The van der Waals surface area contributed by atoms with Gasteiger partial charge in [-0.05, 0) is 43.9 Å². The van der Waals surface area contributed by atoms with Crippen molar-refractivity contribution in [1.29, 1.82) is 0 Å². The first-order chi connectivity index (χ1) is 9.88. The van der Waals surface area contributed by atoms with Gasteiger partial charge >= 0.3 is 6.18 Å². The predicted molar refractivity (Wildman–Crippen MR) is 76.3 cm³/mol. The molecule has 116 valence electrons. The van der Waals surface area contributed by atoms with Gasteiger partial charge in [0.05, 0.1) is 11.7 Å². The number of carbonyl (C=O) groups excluding carboxylic acids is 1. The van der Waals surface area contributed by atoms with Gasteiger partial charge in [0.15, 0.2) is 5.78 Å². The molecule has 6 heteroatoms. The minimum atomic E-state index is -4.44. The van der Waals surface area contributed by atoms with Crippen LogP contribution in [-0.2, 0) is 10.9 Å². The fourth-order valence-electron chi connectivity index (χ4n) is 2.41. The predicted octanol–water partition coefficient (Wildman–Crippen LogP) is 5.00. The molecule has 0 radical (unpaired) electrons. The highest BCUT2D eigenvalue weighted by molar-refractivity contribution is 9.10. The average molecular weight is 365 g/mol. The van der Waals surface area contributed by atoms with Gasteiger partial charge in [0.2, 0.25) is 0 Å². The van der Waals surface area contributed by atoms with Crippen molar-refractivity contribution >= 4 is 21.7 Å². The number of halogens is 4. The van der Waals surface area contributed by atoms with E-state index in [1.807, 2.05) is 0 Å². The number of rotatable bonds is 5. The molecule has 0 N–H and O–H groups in total. The molecule has 1 saturated heterocycles. The average Bonchev–Trinajstić information content (AvgIpc) is 2.91. The third-order valence-corrected chi connectivity index (χ3v) is 4.24. The van der Waals surface area contributed by atoms with Crippen LogP contribution in [0.2, 0.25) is 0 Å². The summed E-state index contributed by atoms with van der Waals surface area (Å²) in [5.41, 5.74) is -0.703. The Kier molecular flexibility index (Phi) is 5.43. The van der Waals surface area contributed by atoms with E-state index < -0.39 is 11.7 Å². The van der Waals surface area contributed by atoms with E-state index in [1.54, 1.807) is 0 Å².